The summed E-state index contributed by atoms with van der Waals surface area (Å²) in [6.45, 7) is 26.0. The van der Waals surface area contributed by atoms with E-state index < -0.39 is 7.92 Å². The van der Waals surface area contributed by atoms with E-state index in [0.29, 0.717) is 5.66 Å². The first kappa shape index (κ1) is 33.7. The van der Waals surface area contributed by atoms with Crippen molar-refractivity contribution >= 4 is 31.8 Å². The minimum Gasteiger partial charge on any atom is -0.748 e. The van der Waals surface area contributed by atoms with Gasteiger partial charge in [0.05, 0.1) is 0 Å². The Morgan fingerprint density at radius 1 is 0.641 bits per heavy atom. The molecule has 0 aromatic heterocycles. The maximum Gasteiger partial charge on any atom is 0 e. The zero-order chi connectivity index (χ0) is 28.3. The molecule has 0 saturated carbocycles. The third kappa shape index (κ3) is 9.00. The molecule has 0 fully saturated rings. The van der Waals surface area contributed by atoms with Gasteiger partial charge in [0.25, 0.3) is 0 Å². The molecule has 3 heteroatoms. The zero-order valence-electron chi connectivity index (χ0n) is 25.9. The summed E-state index contributed by atoms with van der Waals surface area (Å²) in [5.74, 6) is 0. The second-order valence-corrected chi connectivity index (χ2v) is 19.1. The van der Waals surface area contributed by atoms with Crippen LogP contribution in [0.1, 0.15) is 81.9 Å². The van der Waals surface area contributed by atoms with Gasteiger partial charge in [-0.05, 0) is 62.2 Å². The Balaban J connectivity index is 0.000000797. The van der Waals surface area contributed by atoms with Gasteiger partial charge in [-0.15, -0.1) is 10.9 Å². The van der Waals surface area contributed by atoms with Crippen molar-refractivity contribution in [2.24, 2.45) is 0 Å². The zero-order valence-corrected chi connectivity index (χ0v) is 28.8. The summed E-state index contributed by atoms with van der Waals surface area (Å²) in [6, 6.07) is 31.5. The van der Waals surface area contributed by atoms with Gasteiger partial charge < -0.3 is 30.3 Å². The number of benzene rings is 2. The number of aryl methyl sites for hydroxylation is 4. The summed E-state index contributed by atoms with van der Waals surface area (Å²) < 4.78 is 0. The van der Waals surface area contributed by atoms with Crippen LogP contribution in [0, 0.1) is 27.7 Å². The van der Waals surface area contributed by atoms with Gasteiger partial charge in [-0.25, -0.2) is 12.1 Å². The van der Waals surface area contributed by atoms with E-state index in [1.807, 2.05) is 30.3 Å². The van der Waals surface area contributed by atoms with Gasteiger partial charge in [0.1, 0.15) is 0 Å². The molecular weight excluding hydrogens is 550 g/mol. The van der Waals surface area contributed by atoms with Crippen molar-refractivity contribution in [3.05, 3.63) is 113 Å². The standard InChI is InChI=1S/C31H43P2.C5H5.Fe/c1-21-15-22(2)18-26(17-21)32(27-19-23(3)16-24(4)20-27)25(5)28-13-12-14-29(28)33(30(6,7)8)31(9,10)11;1-2-4-5-3-1;/h12-20,25H,1-11H3;1-5H;/q-1;-5;. The minimum atomic E-state index is -0.530. The van der Waals surface area contributed by atoms with E-state index >= 15 is 0 Å². The number of hydrogen-bond donors (Lipinski definition) is 0. The van der Waals surface area contributed by atoms with Gasteiger partial charge in [-0.1, -0.05) is 115 Å². The third-order valence-electron chi connectivity index (χ3n) is 6.77. The normalized spacial score (nSPS) is 12.6. The van der Waals surface area contributed by atoms with Gasteiger partial charge >= 0.3 is 0 Å². The fraction of sp³-hybridized carbons (Fsp3) is 0.389. The second-order valence-electron chi connectivity index (χ2n) is 12.7. The van der Waals surface area contributed by atoms with Crippen LogP contribution in [0.4, 0.5) is 0 Å². The average Bonchev–Trinajstić information content (AvgIpc) is 3.46. The molecule has 216 valence electrons. The Morgan fingerprint density at radius 2 is 1.00 bits per heavy atom. The molecule has 0 spiro atoms. The fourth-order valence-corrected chi connectivity index (χ4v) is 13.3. The molecule has 0 radical (unpaired) electrons. The summed E-state index contributed by atoms with van der Waals surface area (Å²) in [4.78, 5) is 0. The molecule has 0 N–H and O–H groups in total. The third-order valence-corrected chi connectivity index (χ3v) is 13.0. The van der Waals surface area contributed by atoms with Crippen molar-refractivity contribution in [2.75, 3.05) is 0 Å². The summed E-state index contributed by atoms with van der Waals surface area (Å²) in [5, 5.41) is 5.14. The predicted molar refractivity (Wildman–Crippen MR) is 177 cm³/mol. The molecule has 0 nitrogen and oxygen atoms in total. The molecule has 4 aromatic rings. The predicted octanol–water partition coefficient (Wildman–Crippen LogP) is 9.94. The van der Waals surface area contributed by atoms with Crippen LogP contribution in [0.2, 0.25) is 0 Å². The van der Waals surface area contributed by atoms with Gasteiger partial charge in [-0.2, -0.15) is 6.07 Å². The number of rotatable bonds is 5. The second kappa shape index (κ2) is 13.9. The molecular formula is C36H48FeP2-6. The Hall–Kier alpha value is -1.48. The summed E-state index contributed by atoms with van der Waals surface area (Å²) in [7, 11) is -0.861. The Labute approximate surface area is 252 Å². The maximum absolute atomic E-state index is 2.48. The van der Waals surface area contributed by atoms with Crippen LogP contribution in [0.15, 0.2) is 84.9 Å². The molecule has 4 aromatic carbocycles. The van der Waals surface area contributed by atoms with Crippen molar-refractivity contribution < 1.29 is 17.1 Å². The Bertz CT molecular complexity index is 1180. The van der Waals surface area contributed by atoms with Crippen LogP contribution in [0.25, 0.3) is 0 Å². The van der Waals surface area contributed by atoms with E-state index in [4.69, 9.17) is 0 Å². The molecule has 0 saturated heterocycles. The van der Waals surface area contributed by atoms with Crippen LogP contribution >= 0.6 is 15.8 Å². The first-order chi connectivity index (χ1) is 17.7. The SMILES string of the molecule is Cc1cc(C)cc(P(c2cc(C)cc(C)c2)C(C)[c-]2cccc2P(C(C)(C)C)C(C)(C)C)c1.[Fe].[cH-]1[cH-][cH-][cH-][cH-]1. The largest absolute Gasteiger partial charge is 0.748 e. The summed E-state index contributed by atoms with van der Waals surface area (Å²) >= 11 is 0. The van der Waals surface area contributed by atoms with Crippen molar-refractivity contribution in [3.8, 4) is 0 Å². The number of hydrogen-bond acceptors (Lipinski definition) is 0. The first-order valence-corrected chi connectivity index (χ1v) is 16.6. The van der Waals surface area contributed by atoms with Crippen molar-refractivity contribution in [1.29, 1.82) is 0 Å². The van der Waals surface area contributed by atoms with Gasteiger partial charge in [0.15, 0.2) is 0 Å². The summed E-state index contributed by atoms with van der Waals surface area (Å²) in [5.41, 5.74) is 7.48. The Morgan fingerprint density at radius 3 is 1.33 bits per heavy atom. The molecule has 39 heavy (non-hydrogen) atoms. The summed E-state index contributed by atoms with van der Waals surface area (Å²) in [6.07, 6.45) is 0. The first-order valence-electron chi connectivity index (χ1n) is 13.9. The van der Waals surface area contributed by atoms with Crippen molar-refractivity contribution in [1.82, 2.24) is 0 Å². The minimum absolute atomic E-state index is 0. The molecule has 0 heterocycles. The van der Waals surface area contributed by atoms with E-state index in [1.54, 1.807) is 10.9 Å². The van der Waals surface area contributed by atoms with E-state index in [1.165, 1.54) is 32.9 Å². The monoisotopic (exact) mass is 598 g/mol. The molecule has 0 aliphatic carbocycles. The van der Waals surface area contributed by atoms with Crippen LogP contribution in [0.5, 0.6) is 0 Å². The maximum atomic E-state index is 2.48. The average molecular weight is 599 g/mol. The Kier molecular flexibility index (Phi) is 12.0. The van der Waals surface area contributed by atoms with E-state index in [9.17, 15) is 0 Å². The van der Waals surface area contributed by atoms with Crippen LogP contribution in [-0.2, 0) is 17.1 Å². The van der Waals surface area contributed by atoms with Crippen LogP contribution in [0.3, 0.4) is 0 Å². The van der Waals surface area contributed by atoms with Gasteiger partial charge in [-0.3, -0.25) is 0 Å². The molecule has 0 bridgehead atoms. The topological polar surface area (TPSA) is 0 Å². The fourth-order valence-electron chi connectivity index (χ4n) is 5.95. The smallest absolute Gasteiger partial charge is 0 e. The van der Waals surface area contributed by atoms with Gasteiger partial charge in [0.2, 0.25) is 0 Å². The van der Waals surface area contributed by atoms with Gasteiger partial charge in [0, 0.05) is 17.1 Å². The molecule has 1 unspecified atom stereocenters. The van der Waals surface area contributed by atoms with E-state index in [0.717, 1.165) is 0 Å². The molecule has 1 atom stereocenters. The van der Waals surface area contributed by atoms with E-state index in [2.05, 4.69) is 131 Å². The van der Waals surface area contributed by atoms with Crippen molar-refractivity contribution in [3.63, 3.8) is 0 Å². The molecule has 0 amide bonds. The quantitative estimate of drug-likeness (QED) is 0.122. The molecule has 0 aliphatic rings. The molecule has 4 rings (SSSR count). The van der Waals surface area contributed by atoms with E-state index in [-0.39, 0.29) is 35.3 Å². The van der Waals surface area contributed by atoms with Crippen LogP contribution in [-0.4, -0.2) is 10.3 Å². The van der Waals surface area contributed by atoms with Crippen molar-refractivity contribution in [2.45, 2.75) is 92.1 Å². The van der Waals surface area contributed by atoms with Crippen LogP contribution < -0.4 is 15.9 Å². The molecule has 0 aliphatic heterocycles.